The molecule has 0 aliphatic carbocycles. The minimum Gasteiger partial charge on any atom is -0.361 e. The monoisotopic (exact) mass is 299 g/mol. The third-order valence-corrected chi connectivity index (χ3v) is 3.61. The van der Waals surface area contributed by atoms with E-state index in [1.165, 1.54) is 4.68 Å². The molecule has 0 spiro atoms. The highest BCUT2D eigenvalue weighted by atomic mass is 16.5. The van der Waals surface area contributed by atoms with E-state index in [9.17, 15) is 4.79 Å². The van der Waals surface area contributed by atoms with E-state index < -0.39 is 0 Å². The van der Waals surface area contributed by atoms with Gasteiger partial charge < -0.3 is 4.52 Å². The Hall–Kier alpha value is -2.54. The number of rotatable bonds is 4. The number of nitrogens with zero attached hydrogens (tertiary/aromatic N) is 5. The minimum atomic E-state index is -0.142. The van der Waals surface area contributed by atoms with Gasteiger partial charge in [-0.15, -0.1) is 5.10 Å². The van der Waals surface area contributed by atoms with Gasteiger partial charge in [0.15, 0.2) is 0 Å². The summed E-state index contributed by atoms with van der Waals surface area (Å²) in [6.07, 6.45) is 0. The van der Waals surface area contributed by atoms with Crippen molar-refractivity contribution in [3.8, 4) is 0 Å². The molecule has 0 aliphatic heterocycles. The van der Waals surface area contributed by atoms with Gasteiger partial charge in [-0.25, -0.2) is 0 Å². The SMILES string of the molecule is Cc1noc(C)c1CN(C)Cn1nnc2ccccc2c1=O. The van der Waals surface area contributed by atoms with Gasteiger partial charge in [-0.1, -0.05) is 22.5 Å². The molecular weight excluding hydrogens is 282 g/mol. The molecule has 0 saturated heterocycles. The first-order chi connectivity index (χ1) is 10.6. The van der Waals surface area contributed by atoms with Crippen molar-refractivity contribution in [3.05, 3.63) is 51.6 Å². The molecule has 2 heterocycles. The van der Waals surface area contributed by atoms with Gasteiger partial charge in [0.2, 0.25) is 0 Å². The van der Waals surface area contributed by atoms with Gasteiger partial charge in [-0.05, 0) is 33.0 Å². The molecule has 3 rings (SSSR count). The topological polar surface area (TPSA) is 77.1 Å². The molecule has 0 N–H and O–H groups in total. The lowest BCUT2D eigenvalue weighted by molar-refractivity contribution is 0.235. The third kappa shape index (κ3) is 2.62. The second kappa shape index (κ2) is 5.69. The van der Waals surface area contributed by atoms with E-state index in [2.05, 4.69) is 15.5 Å². The van der Waals surface area contributed by atoms with Crippen molar-refractivity contribution in [2.24, 2.45) is 0 Å². The summed E-state index contributed by atoms with van der Waals surface area (Å²) >= 11 is 0. The molecule has 0 unspecified atom stereocenters. The van der Waals surface area contributed by atoms with Crippen LogP contribution in [0, 0.1) is 13.8 Å². The fourth-order valence-electron chi connectivity index (χ4n) is 2.39. The summed E-state index contributed by atoms with van der Waals surface area (Å²) in [6.45, 7) is 4.76. The van der Waals surface area contributed by atoms with Crippen LogP contribution in [0.2, 0.25) is 0 Å². The maximum absolute atomic E-state index is 12.4. The van der Waals surface area contributed by atoms with Crippen LogP contribution in [0.4, 0.5) is 0 Å². The van der Waals surface area contributed by atoms with Crippen LogP contribution in [-0.2, 0) is 13.2 Å². The highest BCUT2D eigenvalue weighted by Gasteiger charge is 2.13. The predicted octanol–water partition coefficient (Wildman–Crippen LogP) is 1.49. The Morgan fingerprint density at radius 1 is 1.27 bits per heavy atom. The van der Waals surface area contributed by atoms with Crippen LogP contribution in [0.1, 0.15) is 17.0 Å². The van der Waals surface area contributed by atoms with Crippen LogP contribution in [-0.4, -0.2) is 32.1 Å². The Labute approximate surface area is 127 Å². The predicted molar refractivity (Wildman–Crippen MR) is 81.2 cm³/mol. The Morgan fingerprint density at radius 3 is 2.77 bits per heavy atom. The van der Waals surface area contributed by atoms with E-state index >= 15 is 0 Å². The highest BCUT2D eigenvalue weighted by Crippen LogP contribution is 2.14. The lowest BCUT2D eigenvalue weighted by atomic mass is 10.2. The van der Waals surface area contributed by atoms with Crippen LogP contribution in [0.5, 0.6) is 0 Å². The van der Waals surface area contributed by atoms with Crippen LogP contribution in [0.15, 0.2) is 33.6 Å². The normalized spacial score (nSPS) is 11.5. The van der Waals surface area contributed by atoms with Crippen LogP contribution < -0.4 is 5.56 Å². The Bertz CT molecular complexity index is 848. The number of hydrogen-bond acceptors (Lipinski definition) is 6. The summed E-state index contributed by atoms with van der Waals surface area (Å²) in [5.41, 5.74) is 2.36. The van der Waals surface area contributed by atoms with Crippen molar-refractivity contribution in [1.82, 2.24) is 25.1 Å². The molecule has 7 heteroatoms. The smallest absolute Gasteiger partial charge is 0.278 e. The van der Waals surface area contributed by atoms with Crippen molar-refractivity contribution >= 4 is 10.9 Å². The average molecular weight is 299 g/mol. The van der Waals surface area contributed by atoms with E-state index in [1.54, 1.807) is 12.1 Å². The first kappa shape index (κ1) is 14.4. The fourth-order valence-corrected chi connectivity index (χ4v) is 2.39. The first-order valence-electron chi connectivity index (χ1n) is 6.99. The Morgan fingerprint density at radius 2 is 2.05 bits per heavy atom. The molecule has 22 heavy (non-hydrogen) atoms. The van der Waals surface area contributed by atoms with Crippen molar-refractivity contribution in [3.63, 3.8) is 0 Å². The van der Waals surface area contributed by atoms with Gasteiger partial charge >= 0.3 is 0 Å². The molecular formula is C15H17N5O2. The Balaban J connectivity index is 1.84. The summed E-state index contributed by atoms with van der Waals surface area (Å²) in [5.74, 6) is 0.793. The quantitative estimate of drug-likeness (QED) is 0.726. The van der Waals surface area contributed by atoms with E-state index in [0.29, 0.717) is 24.1 Å². The number of benzene rings is 1. The summed E-state index contributed by atoms with van der Waals surface area (Å²) in [5, 5.41) is 12.6. The van der Waals surface area contributed by atoms with Crippen molar-refractivity contribution in [2.45, 2.75) is 27.1 Å². The molecule has 114 valence electrons. The summed E-state index contributed by atoms with van der Waals surface area (Å²) in [6, 6.07) is 7.20. The standard InChI is InChI=1S/C15H17N5O2/c1-10-13(11(2)22-17-10)8-19(3)9-20-15(21)12-6-4-5-7-14(12)16-18-20/h4-7H,8-9H2,1-3H3. The molecule has 0 atom stereocenters. The molecule has 0 saturated carbocycles. The van der Waals surface area contributed by atoms with Gasteiger partial charge in [-0.3, -0.25) is 9.69 Å². The zero-order valence-electron chi connectivity index (χ0n) is 12.8. The fraction of sp³-hybridized carbons (Fsp3) is 0.333. The Kier molecular flexibility index (Phi) is 3.72. The maximum Gasteiger partial charge on any atom is 0.278 e. The van der Waals surface area contributed by atoms with Gasteiger partial charge in [0.1, 0.15) is 11.3 Å². The number of aryl methyl sites for hydroxylation is 2. The van der Waals surface area contributed by atoms with Gasteiger partial charge in [0, 0.05) is 12.1 Å². The maximum atomic E-state index is 12.4. The van der Waals surface area contributed by atoms with Gasteiger partial charge in [-0.2, -0.15) is 4.68 Å². The largest absolute Gasteiger partial charge is 0.361 e. The van der Waals surface area contributed by atoms with Gasteiger partial charge in [0.05, 0.1) is 17.7 Å². The molecule has 2 aromatic heterocycles. The number of fused-ring (bicyclic) bond motifs is 1. The summed E-state index contributed by atoms with van der Waals surface area (Å²) < 4.78 is 6.52. The van der Waals surface area contributed by atoms with Gasteiger partial charge in [0.25, 0.3) is 5.56 Å². The molecule has 1 aromatic carbocycles. The van der Waals surface area contributed by atoms with Crippen molar-refractivity contribution in [1.29, 1.82) is 0 Å². The molecule has 3 aromatic rings. The zero-order valence-corrected chi connectivity index (χ0v) is 12.8. The molecule has 0 aliphatic rings. The van der Waals surface area contributed by atoms with Crippen LogP contribution in [0.3, 0.4) is 0 Å². The second-order valence-corrected chi connectivity index (χ2v) is 5.37. The van der Waals surface area contributed by atoms with Crippen molar-refractivity contribution in [2.75, 3.05) is 7.05 Å². The minimum absolute atomic E-state index is 0.142. The molecule has 0 radical (unpaired) electrons. The highest BCUT2D eigenvalue weighted by molar-refractivity contribution is 5.76. The van der Waals surface area contributed by atoms with E-state index in [-0.39, 0.29) is 5.56 Å². The number of aromatic nitrogens is 4. The molecule has 0 fully saturated rings. The zero-order chi connectivity index (χ0) is 15.7. The van der Waals surface area contributed by atoms with Crippen LogP contribution >= 0.6 is 0 Å². The molecule has 7 nitrogen and oxygen atoms in total. The third-order valence-electron chi connectivity index (χ3n) is 3.61. The second-order valence-electron chi connectivity index (χ2n) is 5.37. The molecule has 0 bridgehead atoms. The lowest BCUT2D eigenvalue weighted by Gasteiger charge is -2.16. The van der Waals surface area contributed by atoms with Crippen molar-refractivity contribution < 1.29 is 4.52 Å². The number of hydrogen-bond donors (Lipinski definition) is 0. The summed E-state index contributed by atoms with van der Waals surface area (Å²) in [7, 11) is 1.91. The van der Waals surface area contributed by atoms with E-state index in [4.69, 9.17) is 4.52 Å². The summed E-state index contributed by atoms with van der Waals surface area (Å²) in [4.78, 5) is 14.4. The van der Waals surface area contributed by atoms with Crippen LogP contribution in [0.25, 0.3) is 10.9 Å². The lowest BCUT2D eigenvalue weighted by Crippen LogP contribution is -2.32. The van der Waals surface area contributed by atoms with E-state index in [1.807, 2.05) is 37.9 Å². The average Bonchev–Trinajstić information content (AvgIpc) is 2.82. The molecule has 0 amide bonds. The first-order valence-corrected chi connectivity index (χ1v) is 6.99. The van der Waals surface area contributed by atoms with E-state index in [0.717, 1.165) is 17.0 Å².